The third-order valence-corrected chi connectivity index (χ3v) is 7.65. The zero-order valence-electron chi connectivity index (χ0n) is 19.8. The topological polar surface area (TPSA) is 73.0 Å². The standard InChI is InChI=1S/C27H31FN4O3/c28-21-10-12-22(13-11-21)29-24(33)18-31-19-32(23-8-2-1-3-9-23)27(26(31)35)14-16-30(17-15-27)25(34)20-6-4-5-7-20/h1-3,8-13,20H,4-7,14-19H2,(H,29,33). The fourth-order valence-corrected chi connectivity index (χ4v) is 5.76. The van der Waals surface area contributed by atoms with E-state index in [9.17, 15) is 18.8 Å². The molecule has 184 valence electrons. The Balaban J connectivity index is 1.32. The van der Waals surface area contributed by atoms with Gasteiger partial charge in [0.15, 0.2) is 0 Å². The highest BCUT2D eigenvalue weighted by Crippen LogP contribution is 2.40. The van der Waals surface area contributed by atoms with Crippen LogP contribution < -0.4 is 10.2 Å². The molecule has 2 aliphatic heterocycles. The average molecular weight is 479 g/mol. The van der Waals surface area contributed by atoms with Crippen LogP contribution in [0.3, 0.4) is 0 Å². The van der Waals surface area contributed by atoms with Crippen LogP contribution in [-0.2, 0) is 14.4 Å². The molecule has 1 saturated carbocycles. The summed E-state index contributed by atoms with van der Waals surface area (Å²) in [5, 5.41) is 2.74. The number of anilines is 2. The molecule has 0 radical (unpaired) electrons. The minimum Gasteiger partial charge on any atom is -0.342 e. The number of carbonyl (C=O) groups is 3. The monoisotopic (exact) mass is 478 g/mol. The first-order chi connectivity index (χ1) is 17.0. The summed E-state index contributed by atoms with van der Waals surface area (Å²) in [5.74, 6) is -0.437. The number of likely N-dealkylation sites (tertiary alicyclic amines) is 1. The van der Waals surface area contributed by atoms with Crippen molar-refractivity contribution in [2.45, 2.75) is 44.1 Å². The van der Waals surface area contributed by atoms with Gasteiger partial charge in [0.1, 0.15) is 17.9 Å². The first-order valence-electron chi connectivity index (χ1n) is 12.4. The quantitative estimate of drug-likeness (QED) is 0.713. The van der Waals surface area contributed by atoms with Gasteiger partial charge in [0.2, 0.25) is 11.8 Å². The van der Waals surface area contributed by atoms with Crippen molar-refractivity contribution in [1.29, 1.82) is 0 Å². The van der Waals surface area contributed by atoms with Gasteiger partial charge in [0.05, 0.1) is 6.67 Å². The van der Waals surface area contributed by atoms with Crippen LogP contribution in [0, 0.1) is 11.7 Å². The third-order valence-electron chi connectivity index (χ3n) is 7.65. The minimum atomic E-state index is -0.774. The molecule has 5 rings (SSSR count). The number of piperidine rings is 1. The highest BCUT2D eigenvalue weighted by atomic mass is 19.1. The number of hydrogen-bond acceptors (Lipinski definition) is 4. The second-order valence-electron chi connectivity index (χ2n) is 9.80. The maximum atomic E-state index is 13.8. The molecule has 0 unspecified atom stereocenters. The first-order valence-corrected chi connectivity index (χ1v) is 12.4. The summed E-state index contributed by atoms with van der Waals surface area (Å²) < 4.78 is 13.2. The molecule has 2 saturated heterocycles. The summed E-state index contributed by atoms with van der Waals surface area (Å²) in [7, 11) is 0. The van der Waals surface area contributed by atoms with Crippen LogP contribution in [0.1, 0.15) is 38.5 Å². The molecule has 1 N–H and O–H groups in total. The van der Waals surface area contributed by atoms with Crippen LogP contribution in [0.15, 0.2) is 54.6 Å². The lowest BCUT2D eigenvalue weighted by Gasteiger charge is -2.43. The summed E-state index contributed by atoms with van der Waals surface area (Å²) in [5.41, 5.74) is 0.638. The van der Waals surface area contributed by atoms with Crippen LogP contribution in [0.4, 0.5) is 15.8 Å². The fraction of sp³-hybridized carbons (Fsp3) is 0.444. The van der Waals surface area contributed by atoms with E-state index in [0.29, 0.717) is 38.3 Å². The van der Waals surface area contributed by atoms with Crippen LogP contribution in [-0.4, -0.2) is 59.4 Å². The Kier molecular flexibility index (Phi) is 6.45. The van der Waals surface area contributed by atoms with E-state index in [1.54, 1.807) is 4.90 Å². The van der Waals surface area contributed by atoms with Crippen molar-refractivity contribution < 1.29 is 18.8 Å². The van der Waals surface area contributed by atoms with E-state index in [2.05, 4.69) is 10.2 Å². The lowest BCUT2D eigenvalue weighted by Crippen LogP contribution is -2.58. The van der Waals surface area contributed by atoms with Crippen molar-refractivity contribution in [2.75, 3.05) is 36.5 Å². The Morgan fingerprint density at radius 3 is 2.29 bits per heavy atom. The van der Waals surface area contributed by atoms with E-state index in [4.69, 9.17) is 0 Å². The molecular weight excluding hydrogens is 447 g/mol. The van der Waals surface area contributed by atoms with Gasteiger partial charge in [0, 0.05) is 30.4 Å². The number of halogens is 1. The maximum absolute atomic E-state index is 13.8. The number of benzene rings is 2. The predicted molar refractivity (Wildman–Crippen MR) is 131 cm³/mol. The molecule has 2 aromatic carbocycles. The van der Waals surface area contributed by atoms with Crippen molar-refractivity contribution in [1.82, 2.24) is 9.80 Å². The van der Waals surface area contributed by atoms with Gasteiger partial charge in [-0.2, -0.15) is 0 Å². The Morgan fingerprint density at radius 1 is 0.971 bits per heavy atom. The molecule has 7 nitrogen and oxygen atoms in total. The molecule has 2 heterocycles. The van der Waals surface area contributed by atoms with E-state index in [1.165, 1.54) is 24.3 Å². The molecule has 2 aromatic rings. The van der Waals surface area contributed by atoms with Gasteiger partial charge in [-0.15, -0.1) is 0 Å². The minimum absolute atomic E-state index is 0.0800. The number of nitrogens with one attached hydrogen (secondary N) is 1. The second kappa shape index (κ2) is 9.68. The zero-order chi connectivity index (χ0) is 24.4. The molecule has 35 heavy (non-hydrogen) atoms. The van der Waals surface area contributed by atoms with Crippen molar-refractivity contribution in [3.8, 4) is 0 Å². The number of nitrogens with zero attached hydrogens (tertiary/aromatic N) is 3. The molecule has 1 spiro atoms. The molecule has 8 heteroatoms. The van der Waals surface area contributed by atoms with Gasteiger partial charge < -0.3 is 20.0 Å². The van der Waals surface area contributed by atoms with Crippen LogP contribution >= 0.6 is 0 Å². The number of para-hydroxylation sites is 1. The number of amides is 3. The zero-order valence-corrected chi connectivity index (χ0v) is 19.8. The summed E-state index contributed by atoms with van der Waals surface area (Å²) in [6, 6.07) is 15.3. The lowest BCUT2D eigenvalue weighted by molar-refractivity contribution is -0.141. The van der Waals surface area contributed by atoms with Crippen LogP contribution in [0.25, 0.3) is 0 Å². The smallest absolute Gasteiger partial charge is 0.250 e. The third kappa shape index (κ3) is 4.61. The number of rotatable bonds is 5. The van der Waals surface area contributed by atoms with Gasteiger partial charge in [-0.05, 0) is 62.1 Å². The SMILES string of the molecule is O=C(CN1CN(c2ccccc2)C2(CCN(C(=O)C3CCCC3)CC2)C1=O)Nc1ccc(F)cc1. The Labute approximate surface area is 204 Å². The summed E-state index contributed by atoms with van der Waals surface area (Å²) in [6.45, 7) is 1.29. The van der Waals surface area contributed by atoms with E-state index >= 15 is 0 Å². The number of hydrogen-bond donors (Lipinski definition) is 1. The Bertz CT molecular complexity index is 1080. The summed E-state index contributed by atoms with van der Waals surface area (Å²) in [6.07, 6.45) is 5.23. The van der Waals surface area contributed by atoms with E-state index in [1.807, 2.05) is 35.2 Å². The molecule has 0 atom stereocenters. The van der Waals surface area contributed by atoms with Gasteiger partial charge in [-0.25, -0.2) is 4.39 Å². The maximum Gasteiger partial charge on any atom is 0.250 e. The summed E-state index contributed by atoms with van der Waals surface area (Å²) in [4.78, 5) is 45.1. The Hall–Kier alpha value is -3.42. The molecular formula is C27H31FN4O3. The van der Waals surface area contributed by atoms with Crippen LogP contribution in [0.5, 0.6) is 0 Å². The van der Waals surface area contributed by atoms with Crippen molar-refractivity contribution in [2.24, 2.45) is 5.92 Å². The van der Waals surface area contributed by atoms with E-state index in [0.717, 1.165) is 31.4 Å². The van der Waals surface area contributed by atoms with Crippen molar-refractivity contribution in [3.05, 3.63) is 60.4 Å². The van der Waals surface area contributed by atoms with Gasteiger partial charge in [0.25, 0.3) is 5.91 Å². The highest BCUT2D eigenvalue weighted by Gasteiger charge is 2.54. The lowest BCUT2D eigenvalue weighted by atomic mass is 9.85. The van der Waals surface area contributed by atoms with E-state index in [-0.39, 0.29) is 36.0 Å². The van der Waals surface area contributed by atoms with Crippen molar-refractivity contribution >= 4 is 29.1 Å². The normalized spacial score (nSPS) is 20.0. The first kappa shape index (κ1) is 23.3. The average Bonchev–Trinajstić information content (AvgIpc) is 3.50. The molecule has 1 aliphatic carbocycles. The van der Waals surface area contributed by atoms with Gasteiger partial charge >= 0.3 is 0 Å². The number of carbonyl (C=O) groups excluding carboxylic acids is 3. The molecule has 0 bridgehead atoms. The molecule has 3 aliphatic rings. The van der Waals surface area contributed by atoms with Crippen LogP contribution in [0.2, 0.25) is 0 Å². The fourth-order valence-electron chi connectivity index (χ4n) is 5.76. The molecule has 0 aromatic heterocycles. The van der Waals surface area contributed by atoms with E-state index < -0.39 is 5.54 Å². The molecule has 3 fully saturated rings. The molecule has 3 amide bonds. The highest BCUT2D eigenvalue weighted by molar-refractivity contribution is 5.99. The Morgan fingerprint density at radius 2 is 1.63 bits per heavy atom. The van der Waals surface area contributed by atoms with Gasteiger partial charge in [-0.1, -0.05) is 31.0 Å². The largest absolute Gasteiger partial charge is 0.342 e. The summed E-state index contributed by atoms with van der Waals surface area (Å²) >= 11 is 0. The second-order valence-corrected chi connectivity index (χ2v) is 9.80. The predicted octanol–water partition coefficient (Wildman–Crippen LogP) is 3.62. The van der Waals surface area contributed by atoms with Crippen molar-refractivity contribution in [3.63, 3.8) is 0 Å². The van der Waals surface area contributed by atoms with Gasteiger partial charge in [-0.3, -0.25) is 14.4 Å².